The van der Waals surface area contributed by atoms with Crippen LogP contribution in [0.4, 0.5) is 0 Å². The second-order valence-electron chi connectivity index (χ2n) is 8.09. The van der Waals surface area contributed by atoms with Crippen LogP contribution >= 0.6 is 0 Å². The molecular weight excluding hydrogens is 368 g/mol. The average Bonchev–Trinajstić information content (AvgIpc) is 3.08. The number of hydrogen-bond acceptors (Lipinski definition) is 8. The smallest absolute Gasteiger partial charge is 0.343 e. The number of rotatable bonds is 3. The molecule has 3 aliphatic heterocycles. The summed E-state index contributed by atoms with van der Waals surface area (Å²) in [5, 5.41) is 0. The third kappa shape index (κ3) is 3.58. The fourth-order valence-electron chi connectivity index (χ4n) is 3.73. The number of ketones is 1. The Bertz CT molecular complexity index is 784. The first-order valence-electron chi connectivity index (χ1n) is 9.24. The summed E-state index contributed by atoms with van der Waals surface area (Å²) in [4.78, 5) is 24.2. The van der Waals surface area contributed by atoms with Crippen LogP contribution < -0.4 is 4.74 Å². The summed E-state index contributed by atoms with van der Waals surface area (Å²) in [7, 11) is 0. The highest BCUT2D eigenvalue weighted by atomic mass is 16.9. The number of carbonyl (C=O) groups is 2. The van der Waals surface area contributed by atoms with Crippen molar-refractivity contribution in [3.8, 4) is 5.75 Å². The van der Waals surface area contributed by atoms with Crippen molar-refractivity contribution in [2.75, 3.05) is 0 Å². The number of benzene rings is 1. The topological polar surface area (TPSA) is 89.5 Å². The number of hydrogen-bond donors (Lipinski definition) is 0. The highest BCUT2D eigenvalue weighted by Crippen LogP contribution is 2.44. The number of ether oxygens (including phenoxy) is 6. The van der Waals surface area contributed by atoms with Gasteiger partial charge in [0.1, 0.15) is 24.1 Å². The molecule has 0 aromatic heterocycles. The Kier molecular flexibility index (Phi) is 4.59. The van der Waals surface area contributed by atoms with Crippen LogP contribution in [0, 0.1) is 0 Å². The summed E-state index contributed by atoms with van der Waals surface area (Å²) in [5.41, 5.74) is 0.532. The molecule has 0 unspecified atom stereocenters. The van der Waals surface area contributed by atoms with E-state index in [1.54, 1.807) is 52.0 Å². The van der Waals surface area contributed by atoms with Gasteiger partial charge in [-0.25, -0.2) is 4.79 Å². The van der Waals surface area contributed by atoms with Crippen molar-refractivity contribution < 1.29 is 38.0 Å². The molecule has 0 aliphatic carbocycles. The normalized spacial score (nSPS) is 35.1. The molecule has 3 heterocycles. The predicted octanol–water partition coefficient (Wildman–Crippen LogP) is 2.19. The molecule has 4 rings (SSSR count). The van der Waals surface area contributed by atoms with Gasteiger partial charge in [0, 0.05) is 5.56 Å². The maximum atomic E-state index is 12.8. The molecule has 1 aromatic carbocycles. The summed E-state index contributed by atoms with van der Waals surface area (Å²) in [5.74, 6) is -2.15. The standard InChI is InChI=1S/C20H24O8/c1-10(21)11-6-8-12(9-7-11)23-17(22)15-13-14(26-19(2,3)25-13)16-18(24-15)28-20(4,5)27-16/h6-9,13-16,18H,1-5H3/t13-,14-,15+,16+,18+/m0/s1. The first-order chi connectivity index (χ1) is 13.0. The fraction of sp³-hybridized carbons (Fsp3) is 0.600. The molecule has 0 spiro atoms. The molecule has 1 aromatic rings. The van der Waals surface area contributed by atoms with Crippen LogP contribution in [0.15, 0.2) is 24.3 Å². The summed E-state index contributed by atoms with van der Waals surface area (Å²) >= 11 is 0. The van der Waals surface area contributed by atoms with Crippen molar-refractivity contribution in [1.82, 2.24) is 0 Å². The van der Waals surface area contributed by atoms with Gasteiger partial charge in [-0.3, -0.25) is 4.79 Å². The van der Waals surface area contributed by atoms with Crippen LogP contribution in [0.3, 0.4) is 0 Å². The van der Waals surface area contributed by atoms with Crippen molar-refractivity contribution in [1.29, 1.82) is 0 Å². The van der Waals surface area contributed by atoms with E-state index in [4.69, 9.17) is 28.4 Å². The Morgan fingerprint density at radius 3 is 2.07 bits per heavy atom. The summed E-state index contributed by atoms with van der Waals surface area (Å²) in [6, 6.07) is 6.32. The Morgan fingerprint density at radius 2 is 1.43 bits per heavy atom. The molecule has 0 bridgehead atoms. The Labute approximate surface area is 163 Å². The fourth-order valence-corrected chi connectivity index (χ4v) is 3.73. The van der Waals surface area contributed by atoms with Gasteiger partial charge in [-0.1, -0.05) is 0 Å². The van der Waals surface area contributed by atoms with Crippen LogP contribution in [-0.4, -0.2) is 54.0 Å². The summed E-state index contributed by atoms with van der Waals surface area (Å²) < 4.78 is 34.9. The molecule has 0 radical (unpaired) electrons. The van der Waals surface area contributed by atoms with Crippen molar-refractivity contribution in [2.45, 2.75) is 76.9 Å². The van der Waals surface area contributed by atoms with Crippen LogP contribution in [0.25, 0.3) is 0 Å². The lowest BCUT2D eigenvalue weighted by Crippen LogP contribution is -2.58. The lowest BCUT2D eigenvalue weighted by atomic mass is 9.99. The lowest BCUT2D eigenvalue weighted by Gasteiger charge is -2.35. The lowest BCUT2D eigenvalue weighted by molar-refractivity contribution is -0.236. The van der Waals surface area contributed by atoms with Gasteiger partial charge in [0.15, 0.2) is 29.8 Å². The summed E-state index contributed by atoms with van der Waals surface area (Å²) in [6.07, 6.45) is -3.56. The van der Waals surface area contributed by atoms with E-state index in [1.807, 2.05) is 0 Å². The largest absolute Gasteiger partial charge is 0.425 e. The highest BCUT2D eigenvalue weighted by molar-refractivity contribution is 5.94. The van der Waals surface area contributed by atoms with Crippen LogP contribution in [0.1, 0.15) is 45.0 Å². The molecule has 0 N–H and O–H groups in total. The molecule has 0 saturated carbocycles. The van der Waals surface area contributed by atoms with Crippen molar-refractivity contribution in [2.24, 2.45) is 0 Å². The maximum absolute atomic E-state index is 12.8. The number of carbonyl (C=O) groups excluding carboxylic acids is 2. The van der Waals surface area contributed by atoms with Gasteiger partial charge in [0.05, 0.1) is 0 Å². The quantitative estimate of drug-likeness (QED) is 0.439. The maximum Gasteiger partial charge on any atom is 0.343 e. The SMILES string of the molecule is CC(=O)c1ccc(OC(=O)[C@@H]2O[C@@H]3OC(C)(C)O[C@@H]3[C@H]3OC(C)(C)O[C@@H]32)cc1. The van der Waals surface area contributed by atoms with Crippen LogP contribution in [0.2, 0.25) is 0 Å². The van der Waals surface area contributed by atoms with Gasteiger partial charge >= 0.3 is 5.97 Å². The molecule has 3 aliphatic rings. The van der Waals surface area contributed by atoms with E-state index in [0.29, 0.717) is 11.3 Å². The molecule has 3 fully saturated rings. The molecule has 3 saturated heterocycles. The van der Waals surface area contributed by atoms with E-state index < -0.39 is 48.2 Å². The zero-order valence-electron chi connectivity index (χ0n) is 16.5. The van der Waals surface area contributed by atoms with E-state index in [1.165, 1.54) is 6.92 Å². The minimum Gasteiger partial charge on any atom is -0.425 e. The monoisotopic (exact) mass is 392 g/mol. The van der Waals surface area contributed by atoms with Crippen molar-refractivity contribution >= 4 is 11.8 Å². The highest BCUT2D eigenvalue weighted by Gasteiger charge is 2.62. The van der Waals surface area contributed by atoms with Gasteiger partial charge < -0.3 is 28.4 Å². The first-order valence-corrected chi connectivity index (χ1v) is 9.24. The third-order valence-corrected chi connectivity index (χ3v) is 4.87. The van der Waals surface area contributed by atoms with E-state index in [9.17, 15) is 9.59 Å². The first kappa shape index (κ1) is 19.5. The molecule has 152 valence electrons. The van der Waals surface area contributed by atoms with E-state index in [0.717, 1.165) is 0 Å². The van der Waals surface area contributed by atoms with Gasteiger partial charge in [-0.2, -0.15) is 0 Å². The molecule has 8 heteroatoms. The van der Waals surface area contributed by atoms with Gasteiger partial charge in [-0.05, 0) is 58.9 Å². The van der Waals surface area contributed by atoms with Crippen molar-refractivity contribution in [3.05, 3.63) is 29.8 Å². The predicted molar refractivity (Wildman–Crippen MR) is 94.6 cm³/mol. The average molecular weight is 392 g/mol. The third-order valence-electron chi connectivity index (χ3n) is 4.87. The zero-order chi connectivity index (χ0) is 20.3. The molecule has 8 nitrogen and oxygen atoms in total. The van der Waals surface area contributed by atoms with Gasteiger partial charge in [-0.15, -0.1) is 0 Å². The number of fused-ring (bicyclic) bond motifs is 3. The van der Waals surface area contributed by atoms with E-state index in [-0.39, 0.29) is 5.78 Å². The Morgan fingerprint density at radius 1 is 0.857 bits per heavy atom. The Balaban J connectivity index is 1.54. The molecule has 28 heavy (non-hydrogen) atoms. The number of esters is 1. The second kappa shape index (κ2) is 6.60. The zero-order valence-corrected chi connectivity index (χ0v) is 16.5. The molecular formula is C20H24O8. The van der Waals surface area contributed by atoms with Crippen LogP contribution in [0.5, 0.6) is 5.75 Å². The van der Waals surface area contributed by atoms with Crippen LogP contribution in [-0.2, 0) is 28.5 Å². The number of Topliss-reactive ketones (excluding diaryl/α,β-unsaturated/α-hetero) is 1. The minimum absolute atomic E-state index is 0.0675. The van der Waals surface area contributed by atoms with Crippen molar-refractivity contribution in [3.63, 3.8) is 0 Å². The second-order valence-corrected chi connectivity index (χ2v) is 8.09. The minimum atomic E-state index is -1.04. The van der Waals surface area contributed by atoms with Gasteiger partial charge in [0.2, 0.25) is 0 Å². The molecule has 0 amide bonds. The molecule has 5 atom stereocenters. The Hall–Kier alpha value is -1.84. The van der Waals surface area contributed by atoms with Gasteiger partial charge in [0.25, 0.3) is 0 Å². The summed E-state index contributed by atoms with van der Waals surface area (Å²) in [6.45, 7) is 8.55. The van der Waals surface area contributed by atoms with E-state index >= 15 is 0 Å². The van der Waals surface area contributed by atoms with E-state index in [2.05, 4.69) is 0 Å².